The summed E-state index contributed by atoms with van der Waals surface area (Å²) < 4.78 is 0. The number of hydrogen-bond donors (Lipinski definition) is 0. The summed E-state index contributed by atoms with van der Waals surface area (Å²) in [6, 6.07) is 9.48. The van der Waals surface area contributed by atoms with E-state index in [0.29, 0.717) is 5.41 Å². The molecule has 0 aliphatic heterocycles. The predicted molar refractivity (Wildman–Crippen MR) is 93.8 cm³/mol. The molecule has 0 nitrogen and oxygen atoms in total. The number of aryl methyl sites for hydroxylation is 2. The fraction of sp³-hybridized carbons (Fsp3) is 0.714. The topological polar surface area (TPSA) is 0 Å². The van der Waals surface area contributed by atoms with Gasteiger partial charge < -0.3 is 0 Å². The maximum atomic E-state index is 2.38. The molecular weight excluding hydrogens is 252 g/mol. The van der Waals surface area contributed by atoms with Gasteiger partial charge in [-0.15, -0.1) is 0 Å². The van der Waals surface area contributed by atoms with Gasteiger partial charge in [-0.25, -0.2) is 0 Å². The predicted octanol–water partition coefficient (Wildman–Crippen LogP) is 6.71. The van der Waals surface area contributed by atoms with E-state index in [-0.39, 0.29) is 0 Å². The second kappa shape index (κ2) is 8.61. The molecule has 0 heteroatoms. The van der Waals surface area contributed by atoms with Crippen molar-refractivity contribution >= 4 is 0 Å². The fourth-order valence-electron chi connectivity index (χ4n) is 4.12. The highest BCUT2D eigenvalue weighted by molar-refractivity contribution is 5.23. The van der Waals surface area contributed by atoms with Crippen molar-refractivity contribution in [2.24, 2.45) is 5.41 Å². The second-order valence-corrected chi connectivity index (χ2v) is 7.23. The van der Waals surface area contributed by atoms with Gasteiger partial charge in [0.25, 0.3) is 0 Å². The van der Waals surface area contributed by atoms with Crippen molar-refractivity contribution in [3.05, 3.63) is 35.4 Å². The maximum absolute atomic E-state index is 2.38. The summed E-state index contributed by atoms with van der Waals surface area (Å²) >= 11 is 0. The molecule has 0 atom stereocenters. The molecule has 21 heavy (non-hydrogen) atoms. The number of hydrogen-bond acceptors (Lipinski definition) is 0. The van der Waals surface area contributed by atoms with Crippen LogP contribution in [0.5, 0.6) is 0 Å². The van der Waals surface area contributed by atoms with Crippen LogP contribution in [0.15, 0.2) is 24.3 Å². The average Bonchev–Trinajstić information content (AvgIpc) is 2.53. The summed E-state index contributed by atoms with van der Waals surface area (Å²) in [6.45, 7) is 4.63. The molecule has 1 fully saturated rings. The van der Waals surface area contributed by atoms with Gasteiger partial charge in [0.15, 0.2) is 0 Å². The zero-order valence-electron chi connectivity index (χ0n) is 14.3. The molecule has 0 N–H and O–H groups in total. The van der Waals surface area contributed by atoms with E-state index in [1.54, 1.807) is 5.56 Å². The van der Waals surface area contributed by atoms with Crippen molar-refractivity contribution < 1.29 is 0 Å². The molecule has 0 unspecified atom stereocenters. The summed E-state index contributed by atoms with van der Waals surface area (Å²) in [7, 11) is 0. The van der Waals surface area contributed by atoms with Gasteiger partial charge in [-0.05, 0) is 61.5 Å². The summed E-state index contributed by atoms with van der Waals surface area (Å²) in [5, 5.41) is 0. The Morgan fingerprint density at radius 1 is 0.762 bits per heavy atom. The minimum Gasteiger partial charge on any atom is -0.0654 e. The third-order valence-corrected chi connectivity index (χ3v) is 5.48. The van der Waals surface area contributed by atoms with E-state index in [1.165, 1.54) is 82.6 Å². The van der Waals surface area contributed by atoms with Crippen LogP contribution in [-0.4, -0.2) is 0 Å². The summed E-state index contributed by atoms with van der Waals surface area (Å²) in [5.74, 6) is 0. The lowest BCUT2D eigenvalue weighted by molar-refractivity contribution is 0.156. The second-order valence-electron chi connectivity index (χ2n) is 7.23. The molecule has 0 saturated heterocycles. The van der Waals surface area contributed by atoms with Crippen LogP contribution in [-0.2, 0) is 12.8 Å². The third kappa shape index (κ3) is 5.16. The van der Waals surface area contributed by atoms with Gasteiger partial charge in [0, 0.05) is 0 Å². The molecule has 118 valence electrons. The molecule has 0 radical (unpaired) electrons. The fourth-order valence-corrected chi connectivity index (χ4v) is 4.12. The van der Waals surface area contributed by atoms with Crippen molar-refractivity contribution in [3.63, 3.8) is 0 Å². The highest BCUT2D eigenvalue weighted by Gasteiger charge is 2.30. The van der Waals surface area contributed by atoms with E-state index in [1.807, 2.05) is 0 Å². The molecule has 1 aromatic rings. The highest BCUT2D eigenvalue weighted by atomic mass is 14.4. The lowest BCUT2D eigenvalue weighted by Crippen LogP contribution is -2.24. The Morgan fingerprint density at radius 3 is 1.95 bits per heavy atom. The van der Waals surface area contributed by atoms with Crippen molar-refractivity contribution in [2.75, 3.05) is 0 Å². The Labute approximate surface area is 132 Å². The first kappa shape index (κ1) is 16.6. The van der Waals surface area contributed by atoms with Crippen molar-refractivity contribution in [1.29, 1.82) is 0 Å². The Kier molecular flexibility index (Phi) is 6.80. The highest BCUT2D eigenvalue weighted by Crippen LogP contribution is 2.43. The Morgan fingerprint density at radius 2 is 1.38 bits per heavy atom. The quantitative estimate of drug-likeness (QED) is 0.498. The largest absolute Gasteiger partial charge is 0.0654 e. The minimum absolute atomic E-state index is 0.674. The maximum Gasteiger partial charge on any atom is -0.0274 e. The van der Waals surface area contributed by atoms with Crippen molar-refractivity contribution in [2.45, 2.75) is 90.9 Å². The molecule has 2 rings (SSSR count). The van der Waals surface area contributed by atoms with Crippen molar-refractivity contribution in [3.8, 4) is 0 Å². The van der Waals surface area contributed by atoms with Crippen LogP contribution in [0.1, 0.15) is 89.2 Å². The summed E-state index contributed by atoms with van der Waals surface area (Å²) in [6.07, 6.45) is 16.7. The van der Waals surface area contributed by atoms with Gasteiger partial charge in [-0.2, -0.15) is 0 Å². The first-order chi connectivity index (χ1) is 10.3. The van der Waals surface area contributed by atoms with E-state index in [2.05, 4.69) is 38.1 Å². The molecular formula is C21H34. The van der Waals surface area contributed by atoms with Crippen LogP contribution in [0.3, 0.4) is 0 Å². The lowest BCUT2D eigenvalue weighted by Gasteiger charge is -2.37. The third-order valence-electron chi connectivity index (χ3n) is 5.48. The summed E-state index contributed by atoms with van der Waals surface area (Å²) in [4.78, 5) is 0. The van der Waals surface area contributed by atoms with E-state index in [9.17, 15) is 0 Å². The molecule has 1 saturated carbocycles. The molecule has 0 spiro atoms. The standard InChI is InChI=1S/C21H34/c1-3-5-9-19-10-12-20(13-11-19)14-18-21(15-4-2)16-7-6-8-17-21/h10-13H,3-9,14-18H2,1-2H3. The van der Waals surface area contributed by atoms with Crippen LogP contribution in [0.4, 0.5) is 0 Å². The van der Waals surface area contributed by atoms with Crippen molar-refractivity contribution in [1.82, 2.24) is 0 Å². The normalized spacial score (nSPS) is 17.8. The summed E-state index contributed by atoms with van der Waals surface area (Å²) in [5.41, 5.74) is 3.74. The molecule has 1 aromatic carbocycles. The molecule has 0 aromatic heterocycles. The van der Waals surface area contributed by atoms with E-state index >= 15 is 0 Å². The van der Waals surface area contributed by atoms with Crippen LogP contribution < -0.4 is 0 Å². The van der Waals surface area contributed by atoms with Crippen LogP contribution in [0.25, 0.3) is 0 Å². The Hall–Kier alpha value is -0.780. The number of unbranched alkanes of at least 4 members (excludes halogenated alkanes) is 1. The Balaban J connectivity index is 1.88. The number of benzene rings is 1. The van der Waals surface area contributed by atoms with Crippen LogP contribution >= 0.6 is 0 Å². The number of rotatable bonds is 8. The average molecular weight is 287 g/mol. The van der Waals surface area contributed by atoms with Gasteiger partial charge in [0.2, 0.25) is 0 Å². The van der Waals surface area contributed by atoms with E-state index in [0.717, 1.165) is 0 Å². The van der Waals surface area contributed by atoms with Gasteiger partial charge in [0.1, 0.15) is 0 Å². The van der Waals surface area contributed by atoms with Gasteiger partial charge >= 0.3 is 0 Å². The Bertz CT molecular complexity index is 375. The molecule has 1 aliphatic rings. The van der Waals surface area contributed by atoms with Gasteiger partial charge in [0.05, 0.1) is 0 Å². The SMILES string of the molecule is CCCCc1ccc(CCC2(CCC)CCCCC2)cc1. The molecule has 0 bridgehead atoms. The van der Waals surface area contributed by atoms with E-state index in [4.69, 9.17) is 0 Å². The molecule has 0 heterocycles. The zero-order chi connectivity index (χ0) is 15.0. The first-order valence-electron chi connectivity index (χ1n) is 9.36. The lowest BCUT2D eigenvalue weighted by atomic mass is 9.68. The van der Waals surface area contributed by atoms with Gasteiger partial charge in [-0.3, -0.25) is 0 Å². The van der Waals surface area contributed by atoms with Gasteiger partial charge in [-0.1, -0.05) is 70.2 Å². The monoisotopic (exact) mass is 286 g/mol. The molecule has 0 amide bonds. The van der Waals surface area contributed by atoms with E-state index < -0.39 is 0 Å². The smallest absolute Gasteiger partial charge is 0.0274 e. The molecule has 1 aliphatic carbocycles. The zero-order valence-corrected chi connectivity index (χ0v) is 14.3. The first-order valence-corrected chi connectivity index (χ1v) is 9.36. The minimum atomic E-state index is 0.674. The van der Waals surface area contributed by atoms with Crippen LogP contribution in [0, 0.1) is 5.41 Å². The van der Waals surface area contributed by atoms with Crippen LogP contribution in [0.2, 0.25) is 0 Å².